The van der Waals surface area contributed by atoms with E-state index in [0.717, 1.165) is 38.9 Å². The number of carboxylic acid groups (broad SMARTS) is 1. The average Bonchev–Trinajstić information content (AvgIpc) is 2.64. The number of aromatic nitrogens is 3. The van der Waals surface area contributed by atoms with Gasteiger partial charge in [0.2, 0.25) is 0 Å². The van der Waals surface area contributed by atoms with E-state index in [-0.39, 0.29) is 0 Å². The molecule has 2 heterocycles. The van der Waals surface area contributed by atoms with Crippen molar-refractivity contribution in [1.29, 1.82) is 0 Å². The van der Waals surface area contributed by atoms with E-state index >= 15 is 0 Å². The van der Waals surface area contributed by atoms with Crippen molar-refractivity contribution in [2.45, 2.75) is 20.8 Å². The summed E-state index contributed by atoms with van der Waals surface area (Å²) in [5.41, 5.74) is 3.55. The van der Waals surface area contributed by atoms with Crippen molar-refractivity contribution in [1.82, 2.24) is 14.8 Å². The number of carbonyl (C=O) groups is 1. The van der Waals surface area contributed by atoms with E-state index < -0.39 is 5.97 Å². The molecule has 0 fully saturated rings. The Morgan fingerprint density at radius 1 is 1.40 bits per heavy atom. The monoisotopic (exact) mass is 335 g/mol. The zero-order valence-electron chi connectivity index (χ0n) is 11.4. The molecule has 0 amide bonds. The van der Waals surface area contributed by atoms with Gasteiger partial charge < -0.3 is 5.11 Å². The molecule has 2 aromatic rings. The quantitative estimate of drug-likeness (QED) is 0.875. The van der Waals surface area contributed by atoms with Crippen molar-refractivity contribution in [2.24, 2.45) is 0 Å². The standard InChI is InChI=1S/C14H14BrN3O2/c1-8-6-11(4-5-12(19)20)7-16-14(8)18-10(3)13(15)9(2)17-18/h4-7H,1-3H3,(H,19,20)/b5-4+. The summed E-state index contributed by atoms with van der Waals surface area (Å²) < 4.78 is 2.74. The van der Waals surface area contributed by atoms with Crippen LogP contribution in [0.4, 0.5) is 0 Å². The highest BCUT2D eigenvalue weighted by Crippen LogP contribution is 2.23. The largest absolute Gasteiger partial charge is 0.478 e. The first-order valence-electron chi connectivity index (χ1n) is 6.00. The van der Waals surface area contributed by atoms with Gasteiger partial charge in [0.15, 0.2) is 5.82 Å². The molecule has 0 spiro atoms. The first-order chi connectivity index (χ1) is 9.40. The normalized spacial score (nSPS) is 11.2. The summed E-state index contributed by atoms with van der Waals surface area (Å²) >= 11 is 3.49. The number of carboxylic acids is 1. The smallest absolute Gasteiger partial charge is 0.328 e. The summed E-state index contributed by atoms with van der Waals surface area (Å²) in [6.07, 6.45) is 4.24. The molecule has 0 aliphatic carbocycles. The molecule has 0 aliphatic heterocycles. The van der Waals surface area contributed by atoms with Crippen molar-refractivity contribution in [3.63, 3.8) is 0 Å². The van der Waals surface area contributed by atoms with Crippen LogP contribution >= 0.6 is 15.9 Å². The van der Waals surface area contributed by atoms with Gasteiger partial charge >= 0.3 is 5.97 Å². The van der Waals surface area contributed by atoms with Gasteiger partial charge in [-0.25, -0.2) is 14.5 Å². The summed E-state index contributed by atoms with van der Waals surface area (Å²) in [5, 5.41) is 13.1. The first kappa shape index (κ1) is 14.5. The molecule has 0 saturated heterocycles. The molecule has 0 radical (unpaired) electrons. The summed E-state index contributed by atoms with van der Waals surface area (Å²) in [4.78, 5) is 14.9. The van der Waals surface area contributed by atoms with Crippen LogP contribution in [0.15, 0.2) is 22.8 Å². The molecule has 0 atom stereocenters. The predicted molar refractivity (Wildman–Crippen MR) is 79.9 cm³/mol. The van der Waals surface area contributed by atoms with Gasteiger partial charge in [-0.2, -0.15) is 5.10 Å². The summed E-state index contributed by atoms with van der Waals surface area (Å²) in [6, 6.07) is 1.88. The maximum Gasteiger partial charge on any atom is 0.328 e. The van der Waals surface area contributed by atoms with Crippen LogP contribution in [0.25, 0.3) is 11.9 Å². The minimum Gasteiger partial charge on any atom is -0.478 e. The Balaban J connectivity index is 2.44. The van der Waals surface area contributed by atoms with E-state index in [1.54, 1.807) is 10.9 Å². The SMILES string of the molecule is Cc1cc(/C=C/C(=O)O)cnc1-n1nc(C)c(Br)c1C. The van der Waals surface area contributed by atoms with E-state index in [0.29, 0.717) is 0 Å². The number of aliphatic carboxylic acids is 1. The van der Waals surface area contributed by atoms with E-state index in [2.05, 4.69) is 26.0 Å². The highest BCUT2D eigenvalue weighted by atomic mass is 79.9. The topological polar surface area (TPSA) is 68.0 Å². The van der Waals surface area contributed by atoms with Gasteiger partial charge in [-0.3, -0.25) is 0 Å². The third kappa shape index (κ3) is 2.80. The minimum atomic E-state index is -0.978. The van der Waals surface area contributed by atoms with Crippen LogP contribution in [0.3, 0.4) is 0 Å². The van der Waals surface area contributed by atoms with E-state index in [9.17, 15) is 4.79 Å². The summed E-state index contributed by atoms with van der Waals surface area (Å²) in [7, 11) is 0. The third-order valence-corrected chi connectivity index (χ3v) is 4.04. The fourth-order valence-corrected chi connectivity index (χ4v) is 2.15. The second kappa shape index (κ2) is 5.58. The second-order valence-electron chi connectivity index (χ2n) is 4.48. The van der Waals surface area contributed by atoms with Crippen LogP contribution < -0.4 is 0 Å². The fraction of sp³-hybridized carbons (Fsp3) is 0.214. The second-order valence-corrected chi connectivity index (χ2v) is 5.27. The van der Waals surface area contributed by atoms with Gasteiger partial charge in [0.05, 0.1) is 15.9 Å². The van der Waals surface area contributed by atoms with Gasteiger partial charge in [0, 0.05) is 12.3 Å². The summed E-state index contributed by atoms with van der Waals surface area (Å²) in [5.74, 6) is -0.238. The van der Waals surface area contributed by atoms with Crippen molar-refractivity contribution in [3.8, 4) is 5.82 Å². The molecule has 2 rings (SSSR count). The molecule has 1 N–H and O–H groups in total. The number of aryl methyl sites for hydroxylation is 2. The van der Waals surface area contributed by atoms with E-state index in [4.69, 9.17) is 5.11 Å². The minimum absolute atomic E-state index is 0.740. The van der Waals surface area contributed by atoms with Crippen molar-refractivity contribution in [2.75, 3.05) is 0 Å². The highest BCUT2D eigenvalue weighted by molar-refractivity contribution is 9.10. The van der Waals surface area contributed by atoms with E-state index in [1.807, 2.05) is 26.8 Å². The molecule has 6 heteroatoms. The van der Waals surface area contributed by atoms with Gasteiger partial charge in [-0.15, -0.1) is 0 Å². The zero-order chi connectivity index (χ0) is 14.9. The zero-order valence-corrected chi connectivity index (χ0v) is 13.0. The molecular weight excluding hydrogens is 322 g/mol. The van der Waals surface area contributed by atoms with Gasteiger partial charge in [-0.1, -0.05) is 0 Å². The molecule has 0 unspecified atom stereocenters. The number of hydrogen-bond donors (Lipinski definition) is 1. The van der Waals surface area contributed by atoms with Crippen LogP contribution in [-0.4, -0.2) is 25.8 Å². The van der Waals surface area contributed by atoms with Crippen LogP contribution in [0.2, 0.25) is 0 Å². The Morgan fingerprint density at radius 3 is 2.60 bits per heavy atom. The maximum absolute atomic E-state index is 10.5. The van der Waals surface area contributed by atoms with Gasteiger partial charge in [0.1, 0.15) is 0 Å². The number of rotatable bonds is 3. The Bertz CT molecular complexity index is 705. The number of hydrogen-bond acceptors (Lipinski definition) is 3. The Labute approximate surface area is 125 Å². The fourth-order valence-electron chi connectivity index (χ4n) is 1.90. The Hall–Kier alpha value is -1.95. The van der Waals surface area contributed by atoms with Crippen LogP contribution in [0.1, 0.15) is 22.5 Å². The van der Waals surface area contributed by atoms with Gasteiger partial charge in [-0.05, 0) is 60.0 Å². The van der Waals surface area contributed by atoms with Crippen LogP contribution in [-0.2, 0) is 4.79 Å². The lowest BCUT2D eigenvalue weighted by atomic mass is 10.2. The lowest BCUT2D eigenvalue weighted by Crippen LogP contribution is -2.04. The first-order valence-corrected chi connectivity index (χ1v) is 6.79. The number of nitrogens with zero attached hydrogens (tertiary/aromatic N) is 3. The Morgan fingerprint density at radius 2 is 2.10 bits per heavy atom. The van der Waals surface area contributed by atoms with Crippen molar-refractivity contribution >= 4 is 28.0 Å². The molecule has 0 aromatic carbocycles. The molecule has 0 saturated carbocycles. The average molecular weight is 336 g/mol. The molecule has 0 aliphatic rings. The van der Waals surface area contributed by atoms with Crippen molar-refractivity contribution < 1.29 is 9.90 Å². The lowest BCUT2D eigenvalue weighted by Gasteiger charge is -2.07. The van der Waals surface area contributed by atoms with Crippen LogP contribution in [0.5, 0.6) is 0 Å². The lowest BCUT2D eigenvalue weighted by molar-refractivity contribution is -0.131. The van der Waals surface area contributed by atoms with Crippen LogP contribution in [0, 0.1) is 20.8 Å². The molecule has 20 heavy (non-hydrogen) atoms. The molecular formula is C14H14BrN3O2. The highest BCUT2D eigenvalue weighted by Gasteiger charge is 2.13. The number of halogens is 1. The van der Waals surface area contributed by atoms with Crippen molar-refractivity contribution in [3.05, 3.63) is 45.3 Å². The molecule has 0 bridgehead atoms. The predicted octanol–water partition coefficient (Wildman–Crippen LogP) is 3.05. The van der Waals surface area contributed by atoms with Gasteiger partial charge in [0.25, 0.3) is 0 Å². The van der Waals surface area contributed by atoms with E-state index in [1.165, 1.54) is 6.08 Å². The molecule has 2 aromatic heterocycles. The number of pyridine rings is 1. The third-order valence-electron chi connectivity index (χ3n) is 2.89. The molecule has 104 valence electrons. The molecule has 5 nitrogen and oxygen atoms in total. The Kier molecular flexibility index (Phi) is 4.04. The summed E-state index contributed by atoms with van der Waals surface area (Å²) in [6.45, 7) is 5.81. The maximum atomic E-state index is 10.5.